The van der Waals surface area contributed by atoms with Gasteiger partial charge in [0.2, 0.25) is 0 Å². The normalized spacial score (nSPS) is 25.5. The summed E-state index contributed by atoms with van der Waals surface area (Å²) in [6, 6.07) is 0.385. The summed E-state index contributed by atoms with van der Waals surface area (Å²) in [5, 5.41) is 0. The Kier molecular flexibility index (Phi) is 5.49. The average Bonchev–Trinajstić information content (AvgIpc) is 2.61. The van der Waals surface area contributed by atoms with E-state index in [9.17, 15) is 0 Å². The Morgan fingerprint density at radius 1 is 1.36 bits per heavy atom. The molecule has 0 saturated carbocycles. The highest BCUT2D eigenvalue weighted by Crippen LogP contribution is 2.18. The fourth-order valence-corrected chi connectivity index (χ4v) is 2.26. The van der Waals surface area contributed by atoms with Crippen molar-refractivity contribution in [3.8, 4) is 0 Å². The van der Waals surface area contributed by atoms with Crippen molar-refractivity contribution in [2.24, 2.45) is 11.7 Å². The van der Waals surface area contributed by atoms with E-state index in [-0.39, 0.29) is 0 Å². The van der Waals surface area contributed by atoms with E-state index in [1.807, 2.05) is 0 Å². The standard InChI is InChI=1S/C12H26N2/c1-3-4-5-6-8-14-9-7-12(10-14)11(2)13/h11-12H,3-10,13H2,1-2H3. The molecule has 1 aliphatic heterocycles. The highest BCUT2D eigenvalue weighted by atomic mass is 15.1. The molecule has 2 heteroatoms. The van der Waals surface area contributed by atoms with Gasteiger partial charge in [0.25, 0.3) is 0 Å². The number of rotatable bonds is 6. The molecule has 0 aromatic carbocycles. The number of nitrogens with two attached hydrogens (primary N) is 1. The Morgan fingerprint density at radius 3 is 2.71 bits per heavy atom. The topological polar surface area (TPSA) is 29.3 Å². The van der Waals surface area contributed by atoms with Gasteiger partial charge >= 0.3 is 0 Å². The number of hydrogen-bond acceptors (Lipinski definition) is 2. The van der Waals surface area contributed by atoms with Gasteiger partial charge < -0.3 is 10.6 Å². The number of nitrogens with zero attached hydrogens (tertiary/aromatic N) is 1. The molecule has 2 unspecified atom stereocenters. The number of unbranched alkanes of at least 4 members (excludes halogenated alkanes) is 3. The predicted octanol–water partition coefficient (Wildman–Crippen LogP) is 2.24. The lowest BCUT2D eigenvalue weighted by molar-refractivity contribution is 0.307. The van der Waals surface area contributed by atoms with Gasteiger partial charge in [-0.15, -0.1) is 0 Å². The fraction of sp³-hybridized carbons (Fsp3) is 1.00. The van der Waals surface area contributed by atoms with Gasteiger partial charge in [0.15, 0.2) is 0 Å². The molecule has 2 nitrogen and oxygen atoms in total. The molecule has 0 aromatic rings. The molecular weight excluding hydrogens is 172 g/mol. The van der Waals surface area contributed by atoms with Crippen LogP contribution >= 0.6 is 0 Å². The minimum atomic E-state index is 0.385. The zero-order valence-corrected chi connectivity index (χ0v) is 9.84. The summed E-state index contributed by atoms with van der Waals surface area (Å²) in [5.74, 6) is 0.751. The van der Waals surface area contributed by atoms with Crippen molar-refractivity contribution in [2.45, 2.75) is 52.0 Å². The van der Waals surface area contributed by atoms with E-state index in [0.717, 1.165) is 5.92 Å². The second-order valence-corrected chi connectivity index (χ2v) is 4.77. The van der Waals surface area contributed by atoms with E-state index in [4.69, 9.17) is 5.73 Å². The Bertz CT molecular complexity index is 145. The quantitative estimate of drug-likeness (QED) is 0.663. The summed E-state index contributed by atoms with van der Waals surface area (Å²) in [6.07, 6.45) is 6.81. The van der Waals surface area contributed by atoms with Gasteiger partial charge in [-0.25, -0.2) is 0 Å². The molecule has 0 spiro atoms. The van der Waals surface area contributed by atoms with Crippen LogP contribution in [-0.4, -0.2) is 30.6 Å². The fourth-order valence-electron chi connectivity index (χ4n) is 2.26. The van der Waals surface area contributed by atoms with Gasteiger partial charge in [-0.05, 0) is 38.8 Å². The lowest BCUT2D eigenvalue weighted by Gasteiger charge is -2.17. The zero-order chi connectivity index (χ0) is 10.4. The van der Waals surface area contributed by atoms with Gasteiger partial charge in [-0.2, -0.15) is 0 Å². The van der Waals surface area contributed by atoms with Crippen LogP contribution in [0.3, 0.4) is 0 Å². The second kappa shape index (κ2) is 6.41. The van der Waals surface area contributed by atoms with E-state index in [2.05, 4.69) is 18.7 Å². The van der Waals surface area contributed by atoms with E-state index in [1.54, 1.807) is 0 Å². The molecule has 1 fully saturated rings. The molecule has 0 amide bonds. The highest BCUT2D eigenvalue weighted by molar-refractivity contribution is 4.80. The van der Waals surface area contributed by atoms with E-state index in [1.165, 1.54) is 51.7 Å². The molecule has 0 aliphatic carbocycles. The maximum atomic E-state index is 5.91. The molecule has 2 atom stereocenters. The maximum Gasteiger partial charge on any atom is 0.00514 e. The van der Waals surface area contributed by atoms with Crippen molar-refractivity contribution < 1.29 is 0 Å². The molecule has 0 bridgehead atoms. The van der Waals surface area contributed by atoms with Crippen LogP contribution in [0.2, 0.25) is 0 Å². The van der Waals surface area contributed by atoms with E-state index < -0.39 is 0 Å². The van der Waals surface area contributed by atoms with Gasteiger partial charge in [-0.1, -0.05) is 26.2 Å². The summed E-state index contributed by atoms with van der Waals surface area (Å²) in [4.78, 5) is 2.59. The maximum absolute atomic E-state index is 5.91. The van der Waals surface area contributed by atoms with Crippen molar-refractivity contribution in [1.82, 2.24) is 4.90 Å². The van der Waals surface area contributed by atoms with Crippen LogP contribution in [0.1, 0.15) is 46.0 Å². The first-order valence-corrected chi connectivity index (χ1v) is 6.22. The number of hydrogen-bond donors (Lipinski definition) is 1. The molecule has 2 N–H and O–H groups in total. The second-order valence-electron chi connectivity index (χ2n) is 4.77. The van der Waals surface area contributed by atoms with Crippen LogP contribution in [-0.2, 0) is 0 Å². The molecule has 84 valence electrons. The SMILES string of the molecule is CCCCCCN1CCC(C(C)N)C1. The summed E-state index contributed by atoms with van der Waals surface area (Å²) < 4.78 is 0. The Hall–Kier alpha value is -0.0800. The molecule has 14 heavy (non-hydrogen) atoms. The minimum Gasteiger partial charge on any atom is -0.328 e. The molecule has 1 aliphatic rings. The Morgan fingerprint density at radius 2 is 2.14 bits per heavy atom. The average molecular weight is 198 g/mol. The summed E-state index contributed by atoms with van der Waals surface area (Å²) in [6.45, 7) is 8.22. The van der Waals surface area contributed by atoms with E-state index in [0.29, 0.717) is 6.04 Å². The first kappa shape index (κ1) is 12.0. The van der Waals surface area contributed by atoms with Crippen LogP contribution in [0.25, 0.3) is 0 Å². The van der Waals surface area contributed by atoms with Crippen LogP contribution < -0.4 is 5.73 Å². The first-order chi connectivity index (χ1) is 6.74. The molecule has 0 radical (unpaired) electrons. The van der Waals surface area contributed by atoms with Crippen molar-refractivity contribution in [2.75, 3.05) is 19.6 Å². The van der Waals surface area contributed by atoms with Crippen LogP contribution in [0.5, 0.6) is 0 Å². The Labute approximate surface area is 88.8 Å². The largest absolute Gasteiger partial charge is 0.328 e. The lowest BCUT2D eigenvalue weighted by atomic mass is 10.0. The van der Waals surface area contributed by atoms with Crippen molar-refractivity contribution in [3.63, 3.8) is 0 Å². The van der Waals surface area contributed by atoms with Crippen molar-refractivity contribution in [3.05, 3.63) is 0 Å². The first-order valence-electron chi connectivity index (χ1n) is 6.22. The van der Waals surface area contributed by atoms with Crippen molar-refractivity contribution in [1.29, 1.82) is 0 Å². The summed E-state index contributed by atoms with van der Waals surface area (Å²) >= 11 is 0. The predicted molar refractivity (Wildman–Crippen MR) is 62.3 cm³/mol. The summed E-state index contributed by atoms with van der Waals surface area (Å²) in [7, 11) is 0. The number of likely N-dealkylation sites (tertiary alicyclic amines) is 1. The lowest BCUT2D eigenvalue weighted by Crippen LogP contribution is -2.30. The van der Waals surface area contributed by atoms with Crippen LogP contribution in [0.4, 0.5) is 0 Å². The van der Waals surface area contributed by atoms with Gasteiger partial charge in [0, 0.05) is 12.6 Å². The third kappa shape index (κ3) is 3.97. The monoisotopic (exact) mass is 198 g/mol. The smallest absolute Gasteiger partial charge is 0.00514 e. The van der Waals surface area contributed by atoms with Gasteiger partial charge in [0.1, 0.15) is 0 Å². The van der Waals surface area contributed by atoms with Gasteiger partial charge in [0.05, 0.1) is 0 Å². The zero-order valence-electron chi connectivity index (χ0n) is 9.84. The third-order valence-electron chi connectivity index (χ3n) is 3.38. The van der Waals surface area contributed by atoms with Crippen LogP contribution in [0, 0.1) is 5.92 Å². The van der Waals surface area contributed by atoms with Crippen LogP contribution in [0.15, 0.2) is 0 Å². The summed E-state index contributed by atoms with van der Waals surface area (Å²) in [5.41, 5.74) is 5.91. The third-order valence-corrected chi connectivity index (χ3v) is 3.38. The van der Waals surface area contributed by atoms with Gasteiger partial charge in [-0.3, -0.25) is 0 Å². The van der Waals surface area contributed by atoms with E-state index >= 15 is 0 Å². The molecule has 1 heterocycles. The minimum absolute atomic E-state index is 0.385. The highest BCUT2D eigenvalue weighted by Gasteiger charge is 2.24. The molecule has 0 aromatic heterocycles. The molecule has 1 rings (SSSR count). The Balaban J connectivity index is 2.04. The molecular formula is C12H26N2. The van der Waals surface area contributed by atoms with Crippen molar-refractivity contribution >= 4 is 0 Å². The molecule has 1 saturated heterocycles.